The molecule has 3 heteroatoms. The quantitative estimate of drug-likeness (QED) is 0.428. The van der Waals surface area contributed by atoms with Crippen LogP contribution in [-0.2, 0) is 7.05 Å². The maximum absolute atomic E-state index is 10.4. The standard InChI is InChI=1S/C19H15NO2/c1-20-11-16-14(9-10-17(22-2)19(16)21)15-8-7-12-5-3-4-6-13(12)18(15)20/h3-11H,1-2H3/p+1. The molecule has 0 radical (unpaired) electrons. The number of aromatic hydroxyl groups is 1. The van der Waals surface area contributed by atoms with Crippen molar-refractivity contribution in [3.05, 3.63) is 54.7 Å². The molecular weight excluding hydrogens is 274 g/mol. The van der Waals surface area contributed by atoms with Crippen LogP contribution in [-0.4, -0.2) is 12.2 Å². The summed E-state index contributed by atoms with van der Waals surface area (Å²) in [6, 6.07) is 16.4. The number of fused-ring (bicyclic) bond motifs is 5. The summed E-state index contributed by atoms with van der Waals surface area (Å²) in [5, 5.41) is 15.8. The number of phenols is 1. The van der Waals surface area contributed by atoms with Gasteiger partial charge in [0.25, 0.3) is 0 Å². The van der Waals surface area contributed by atoms with Crippen LogP contribution in [0.2, 0.25) is 0 Å². The number of hydrogen-bond acceptors (Lipinski definition) is 2. The van der Waals surface area contributed by atoms with E-state index in [1.54, 1.807) is 7.11 Å². The van der Waals surface area contributed by atoms with Gasteiger partial charge in [-0.1, -0.05) is 24.3 Å². The van der Waals surface area contributed by atoms with Crippen molar-refractivity contribution in [2.45, 2.75) is 0 Å². The van der Waals surface area contributed by atoms with Crippen molar-refractivity contribution in [2.24, 2.45) is 7.05 Å². The summed E-state index contributed by atoms with van der Waals surface area (Å²) in [7, 11) is 3.57. The molecule has 0 atom stereocenters. The number of pyridine rings is 1. The molecule has 0 spiro atoms. The molecule has 0 saturated heterocycles. The smallest absolute Gasteiger partial charge is 0.220 e. The number of benzene rings is 3. The molecule has 0 aliphatic heterocycles. The van der Waals surface area contributed by atoms with Crippen molar-refractivity contribution in [2.75, 3.05) is 7.11 Å². The van der Waals surface area contributed by atoms with E-state index in [4.69, 9.17) is 4.74 Å². The first kappa shape index (κ1) is 12.9. The summed E-state index contributed by atoms with van der Waals surface area (Å²) in [4.78, 5) is 0. The normalized spacial score (nSPS) is 11.4. The summed E-state index contributed by atoms with van der Waals surface area (Å²) in [6.07, 6.45) is 1.96. The number of nitrogens with zero attached hydrogens (tertiary/aromatic N) is 1. The molecule has 1 aromatic heterocycles. The average molecular weight is 290 g/mol. The second kappa shape index (κ2) is 4.60. The van der Waals surface area contributed by atoms with Crippen LogP contribution in [0.15, 0.2) is 54.7 Å². The third kappa shape index (κ3) is 1.65. The van der Waals surface area contributed by atoms with Crippen LogP contribution >= 0.6 is 0 Å². The monoisotopic (exact) mass is 290 g/mol. The summed E-state index contributed by atoms with van der Waals surface area (Å²) >= 11 is 0. The Kier molecular flexibility index (Phi) is 2.70. The largest absolute Gasteiger partial charge is 0.504 e. The van der Waals surface area contributed by atoms with E-state index in [0.717, 1.165) is 21.7 Å². The highest BCUT2D eigenvalue weighted by Gasteiger charge is 2.17. The van der Waals surface area contributed by atoms with Gasteiger partial charge in [-0.3, -0.25) is 0 Å². The summed E-state index contributed by atoms with van der Waals surface area (Å²) in [5.41, 5.74) is 1.16. The van der Waals surface area contributed by atoms with E-state index in [1.165, 1.54) is 10.8 Å². The van der Waals surface area contributed by atoms with Gasteiger partial charge in [0.05, 0.1) is 23.3 Å². The fraction of sp³-hybridized carbons (Fsp3) is 0.105. The van der Waals surface area contributed by atoms with E-state index >= 15 is 0 Å². The van der Waals surface area contributed by atoms with Crippen molar-refractivity contribution in [3.63, 3.8) is 0 Å². The minimum absolute atomic E-state index is 0.186. The Labute approximate surface area is 128 Å². The van der Waals surface area contributed by atoms with Crippen molar-refractivity contribution in [1.82, 2.24) is 0 Å². The Morgan fingerprint density at radius 1 is 0.864 bits per heavy atom. The second-order valence-corrected chi connectivity index (χ2v) is 5.50. The fourth-order valence-electron chi connectivity index (χ4n) is 3.23. The van der Waals surface area contributed by atoms with Gasteiger partial charge in [-0.05, 0) is 29.7 Å². The Morgan fingerprint density at radius 2 is 1.64 bits per heavy atom. The number of aromatic nitrogens is 1. The molecule has 0 saturated carbocycles. The van der Waals surface area contributed by atoms with E-state index in [9.17, 15) is 5.11 Å². The van der Waals surface area contributed by atoms with Gasteiger partial charge in [0, 0.05) is 5.39 Å². The molecule has 1 heterocycles. The highest BCUT2D eigenvalue weighted by Crippen LogP contribution is 2.37. The highest BCUT2D eigenvalue weighted by atomic mass is 16.5. The van der Waals surface area contributed by atoms with Gasteiger partial charge in [0.2, 0.25) is 5.52 Å². The van der Waals surface area contributed by atoms with Crippen molar-refractivity contribution >= 4 is 32.4 Å². The molecule has 0 fully saturated rings. The minimum atomic E-state index is 0.186. The Balaban J connectivity index is 2.26. The van der Waals surface area contributed by atoms with E-state index < -0.39 is 0 Å². The molecule has 0 unspecified atom stereocenters. The maximum atomic E-state index is 10.4. The molecule has 4 rings (SSSR count). The molecule has 3 nitrogen and oxygen atoms in total. The molecule has 22 heavy (non-hydrogen) atoms. The zero-order chi connectivity index (χ0) is 15.3. The lowest BCUT2D eigenvalue weighted by Crippen LogP contribution is -2.28. The van der Waals surface area contributed by atoms with Crippen LogP contribution in [0.1, 0.15) is 0 Å². The summed E-state index contributed by atoms with van der Waals surface area (Å²) in [5.74, 6) is 0.679. The average Bonchev–Trinajstić information content (AvgIpc) is 2.55. The lowest BCUT2D eigenvalue weighted by atomic mass is 10.0. The molecule has 0 aliphatic rings. The first-order valence-corrected chi connectivity index (χ1v) is 7.20. The molecule has 0 aliphatic carbocycles. The SMILES string of the molecule is COc1ccc2c(c[n+](C)c3c4ccccc4ccc23)c1O. The molecule has 1 N–H and O–H groups in total. The molecule has 0 amide bonds. The number of methoxy groups -OCH3 is 1. The zero-order valence-corrected chi connectivity index (χ0v) is 12.5. The van der Waals surface area contributed by atoms with Gasteiger partial charge in [0.15, 0.2) is 17.7 Å². The summed E-state index contributed by atoms with van der Waals surface area (Å²) < 4.78 is 7.28. The number of ether oxygens (including phenoxy) is 1. The van der Waals surface area contributed by atoms with Gasteiger partial charge in [-0.25, -0.2) is 0 Å². The number of phenolic OH excluding ortho intramolecular Hbond substituents is 1. The van der Waals surface area contributed by atoms with E-state index in [1.807, 2.05) is 31.4 Å². The van der Waals surface area contributed by atoms with Gasteiger partial charge in [0.1, 0.15) is 7.05 Å². The third-order valence-corrected chi connectivity index (χ3v) is 4.27. The van der Waals surface area contributed by atoms with Crippen molar-refractivity contribution < 1.29 is 14.4 Å². The van der Waals surface area contributed by atoms with Gasteiger partial charge >= 0.3 is 0 Å². The first-order valence-electron chi connectivity index (χ1n) is 7.20. The molecule has 0 bridgehead atoms. The Morgan fingerprint density at radius 3 is 2.45 bits per heavy atom. The maximum Gasteiger partial charge on any atom is 0.220 e. The highest BCUT2D eigenvalue weighted by molar-refractivity contribution is 6.14. The third-order valence-electron chi connectivity index (χ3n) is 4.27. The van der Waals surface area contributed by atoms with Crippen LogP contribution in [0, 0.1) is 0 Å². The Hall–Kier alpha value is -2.81. The minimum Gasteiger partial charge on any atom is -0.504 e. The van der Waals surface area contributed by atoms with Gasteiger partial charge in [-0.2, -0.15) is 4.57 Å². The van der Waals surface area contributed by atoms with Crippen LogP contribution in [0.5, 0.6) is 11.5 Å². The molecule has 3 aromatic carbocycles. The topological polar surface area (TPSA) is 33.3 Å². The zero-order valence-electron chi connectivity index (χ0n) is 12.5. The van der Waals surface area contributed by atoms with Gasteiger partial charge < -0.3 is 9.84 Å². The lowest BCUT2D eigenvalue weighted by Gasteiger charge is -2.09. The van der Waals surface area contributed by atoms with Gasteiger partial charge in [-0.15, -0.1) is 0 Å². The molecular formula is C19H16NO2+. The number of hydrogen-bond donors (Lipinski definition) is 1. The number of rotatable bonds is 1. The van der Waals surface area contributed by atoms with Crippen LogP contribution in [0.25, 0.3) is 32.4 Å². The van der Waals surface area contributed by atoms with Crippen molar-refractivity contribution in [3.8, 4) is 11.5 Å². The second-order valence-electron chi connectivity index (χ2n) is 5.50. The van der Waals surface area contributed by atoms with Crippen LogP contribution in [0.4, 0.5) is 0 Å². The molecule has 4 aromatic rings. The van der Waals surface area contributed by atoms with Crippen LogP contribution < -0.4 is 9.30 Å². The van der Waals surface area contributed by atoms with E-state index in [-0.39, 0.29) is 5.75 Å². The van der Waals surface area contributed by atoms with Crippen LogP contribution in [0.3, 0.4) is 0 Å². The van der Waals surface area contributed by atoms with E-state index in [2.05, 4.69) is 34.9 Å². The van der Waals surface area contributed by atoms with Crippen molar-refractivity contribution in [1.29, 1.82) is 0 Å². The lowest BCUT2D eigenvalue weighted by molar-refractivity contribution is -0.642. The number of aryl methyl sites for hydroxylation is 1. The summed E-state index contributed by atoms with van der Waals surface area (Å²) in [6.45, 7) is 0. The first-order chi connectivity index (χ1) is 10.7. The molecule has 108 valence electrons. The van der Waals surface area contributed by atoms with E-state index in [0.29, 0.717) is 5.75 Å². The predicted molar refractivity (Wildman–Crippen MR) is 88.4 cm³/mol. The fourth-order valence-corrected chi connectivity index (χ4v) is 3.23. The predicted octanol–water partition coefficient (Wildman–Crippen LogP) is 3.68. The Bertz CT molecular complexity index is 1040.